The van der Waals surface area contributed by atoms with Gasteiger partial charge in [0.15, 0.2) is 0 Å². The minimum Gasteiger partial charge on any atom is -0.393 e. The number of hydrogen-bond donors (Lipinski definition) is 1. The Balaban J connectivity index is 2.33. The van der Waals surface area contributed by atoms with Crippen molar-refractivity contribution in [3.05, 3.63) is 29.3 Å². The lowest BCUT2D eigenvalue weighted by atomic mass is 10.3. The van der Waals surface area contributed by atoms with E-state index in [4.69, 9.17) is 16.7 Å². The number of aliphatic hydroxyl groups excluding tert-OH is 1. The van der Waals surface area contributed by atoms with Crippen LogP contribution in [0.4, 0.5) is 0 Å². The summed E-state index contributed by atoms with van der Waals surface area (Å²) in [7, 11) is 0. The van der Waals surface area contributed by atoms with Gasteiger partial charge >= 0.3 is 0 Å². The van der Waals surface area contributed by atoms with Crippen LogP contribution in [0.1, 0.15) is 13.3 Å². The predicted molar refractivity (Wildman–Crippen MR) is 58.5 cm³/mol. The van der Waals surface area contributed by atoms with Crippen LogP contribution in [0.5, 0.6) is 0 Å². The SMILES string of the molecule is C[C@@H](O)CCSc1ccc(Cl)cc1. The molecule has 1 N–H and O–H groups in total. The molecule has 0 aliphatic carbocycles. The Kier molecular flexibility index (Phi) is 4.64. The quantitative estimate of drug-likeness (QED) is 0.781. The molecule has 0 amide bonds. The van der Waals surface area contributed by atoms with E-state index in [2.05, 4.69) is 0 Å². The molecule has 1 nitrogen and oxygen atoms in total. The standard InChI is InChI=1S/C10H13ClOS/c1-8(12)6-7-13-10-4-2-9(11)3-5-10/h2-5,8,12H,6-7H2,1H3/t8-/m1/s1. The maximum atomic E-state index is 9.04. The summed E-state index contributed by atoms with van der Waals surface area (Å²) in [6.45, 7) is 1.81. The molecule has 1 atom stereocenters. The monoisotopic (exact) mass is 216 g/mol. The van der Waals surface area contributed by atoms with Crippen molar-refractivity contribution in [3.63, 3.8) is 0 Å². The molecule has 3 heteroatoms. The number of aliphatic hydroxyl groups is 1. The molecule has 0 spiro atoms. The van der Waals surface area contributed by atoms with E-state index >= 15 is 0 Å². The molecular weight excluding hydrogens is 204 g/mol. The molecular formula is C10H13ClOS. The Labute approximate surface area is 88.1 Å². The Morgan fingerprint density at radius 1 is 1.38 bits per heavy atom. The summed E-state index contributed by atoms with van der Waals surface area (Å²) in [6.07, 6.45) is 0.618. The Hall–Kier alpha value is -0.180. The van der Waals surface area contributed by atoms with E-state index in [0.717, 1.165) is 17.2 Å². The number of benzene rings is 1. The molecule has 0 bridgehead atoms. The van der Waals surface area contributed by atoms with Crippen molar-refractivity contribution in [2.75, 3.05) is 5.75 Å². The van der Waals surface area contributed by atoms with E-state index in [0.29, 0.717) is 0 Å². The van der Waals surface area contributed by atoms with Gasteiger partial charge in [-0.25, -0.2) is 0 Å². The zero-order valence-electron chi connectivity index (χ0n) is 7.53. The van der Waals surface area contributed by atoms with Crippen molar-refractivity contribution in [2.24, 2.45) is 0 Å². The third-order valence-corrected chi connectivity index (χ3v) is 2.92. The van der Waals surface area contributed by atoms with Gasteiger partial charge in [-0.1, -0.05) is 11.6 Å². The van der Waals surface area contributed by atoms with E-state index in [1.807, 2.05) is 31.2 Å². The van der Waals surface area contributed by atoms with Crippen molar-refractivity contribution in [1.29, 1.82) is 0 Å². The van der Waals surface area contributed by atoms with Crippen LogP contribution in [0.3, 0.4) is 0 Å². The van der Waals surface area contributed by atoms with Crippen LogP contribution in [0.25, 0.3) is 0 Å². The first-order valence-electron chi connectivity index (χ1n) is 4.25. The third-order valence-electron chi connectivity index (χ3n) is 1.62. The van der Waals surface area contributed by atoms with Gasteiger partial charge in [0.2, 0.25) is 0 Å². The van der Waals surface area contributed by atoms with Crippen molar-refractivity contribution >= 4 is 23.4 Å². The van der Waals surface area contributed by atoms with Crippen LogP contribution in [0, 0.1) is 0 Å². The summed E-state index contributed by atoms with van der Waals surface area (Å²) in [5.41, 5.74) is 0. The summed E-state index contributed by atoms with van der Waals surface area (Å²) in [6, 6.07) is 7.75. The van der Waals surface area contributed by atoms with Gasteiger partial charge in [0, 0.05) is 15.7 Å². The van der Waals surface area contributed by atoms with Crippen LogP contribution in [0.15, 0.2) is 29.2 Å². The van der Waals surface area contributed by atoms with E-state index in [1.54, 1.807) is 11.8 Å². The van der Waals surface area contributed by atoms with Gasteiger partial charge in [-0.15, -0.1) is 11.8 Å². The van der Waals surface area contributed by atoms with Crippen LogP contribution >= 0.6 is 23.4 Å². The van der Waals surface area contributed by atoms with Gasteiger partial charge in [-0.2, -0.15) is 0 Å². The van der Waals surface area contributed by atoms with Crippen LogP contribution in [-0.4, -0.2) is 17.0 Å². The molecule has 1 aromatic carbocycles. The summed E-state index contributed by atoms with van der Waals surface area (Å²) in [5.74, 6) is 0.944. The second-order valence-corrected chi connectivity index (χ2v) is 4.54. The molecule has 72 valence electrons. The van der Waals surface area contributed by atoms with Gasteiger partial charge in [-0.3, -0.25) is 0 Å². The summed E-state index contributed by atoms with van der Waals surface area (Å²) in [5, 5.41) is 9.80. The van der Waals surface area contributed by atoms with Crippen molar-refractivity contribution < 1.29 is 5.11 Å². The largest absolute Gasteiger partial charge is 0.393 e. The van der Waals surface area contributed by atoms with E-state index in [-0.39, 0.29) is 6.10 Å². The van der Waals surface area contributed by atoms with E-state index < -0.39 is 0 Å². The van der Waals surface area contributed by atoms with Gasteiger partial charge in [-0.05, 0) is 37.6 Å². The van der Waals surface area contributed by atoms with Crippen molar-refractivity contribution in [3.8, 4) is 0 Å². The van der Waals surface area contributed by atoms with Gasteiger partial charge in [0.1, 0.15) is 0 Å². The smallest absolute Gasteiger partial charge is 0.0520 e. The van der Waals surface area contributed by atoms with Gasteiger partial charge < -0.3 is 5.11 Å². The number of thioether (sulfide) groups is 1. The topological polar surface area (TPSA) is 20.2 Å². The Bertz CT molecular complexity index is 246. The minimum absolute atomic E-state index is 0.209. The molecule has 13 heavy (non-hydrogen) atoms. The lowest BCUT2D eigenvalue weighted by Crippen LogP contribution is -2.00. The predicted octanol–water partition coefficient (Wildman–Crippen LogP) is 3.20. The van der Waals surface area contributed by atoms with E-state index in [9.17, 15) is 0 Å². The maximum absolute atomic E-state index is 9.04. The van der Waals surface area contributed by atoms with Gasteiger partial charge in [0.25, 0.3) is 0 Å². The highest BCUT2D eigenvalue weighted by atomic mass is 35.5. The van der Waals surface area contributed by atoms with Crippen LogP contribution < -0.4 is 0 Å². The average molecular weight is 217 g/mol. The molecule has 0 aliphatic rings. The average Bonchev–Trinajstić information content (AvgIpc) is 2.08. The highest BCUT2D eigenvalue weighted by molar-refractivity contribution is 7.99. The highest BCUT2D eigenvalue weighted by Crippen LogP contribution is 2.21. The number of hydrogen-bond acceptors (Lipinski definition) is 2. The summed E-state index contributed by atoms with van der Waals surface area (Å²) < 4.78 is 0. The molecule has 0 radical (unpaired) electrons. The maximum Gasteiger partial charge on any atom is 0.0520 e. The fourth-order valence-electron chi connectivity index (χ4n) is 0.878. The zero-order chi connectivity index (χ0) is 9.68. The second-order valence-electron chi connectivity index (χ2n) is 2.94. The minimum atomic E-state index is -0.209. The van der Waals surface area contributed by atoms with Crippen molar-refractivity contribution in [2.45, 2.75) is 24.3 Å². The molecule has 1 rings (SSSR count). The molecule has 0 saturated heterocycles. The molecule has 0 aliphatic heterocycles. The summed E-state index contributed by atoms with van der Waals surface area (Å²) in [4.78, 5) is 1.20. The Morgan fingerprint density at radius 2 is 2.00 bits per heavy atom. The fraction of sp³-hybridized carbons (Fsp3) is 0.400. The highest BCUT2D eigenvalue weighted by Gasteiger charge is 1.97. The molecule has 0 saturated carbocycles. The second kappa shape index (κ2) is 5.53. The number of rotatable bonds is 4. The third kappa shape index (κ3) is 4.55. The molecule has 0 unspecified atom stereocenters. The zero-order valence-corrected chi connectivity index (χ0v) is 9.11. The molecule has 0 aromatic heterocycles. The first kappa shape index (κ1) is 10.9. The van der Waals surface area contributed by atoms with Gasteiger partial charge in [0.05, 0.1) is 6.10 Å². The Morgan fingerprint density at radius 3 is 2.54 bits per heavy atom. The first-order valence-corrected chi connectivity index (χ1v) is 5.61. The molecule has 0 fully saturated rings. The number of halogens is 1. The fourth-order valence-corrected chi connectivity index (χ4v) is 2.03. The summed E-state index contributed by atoms with van der Waals surface area (Å²) >= 11 is 7.49. The molecule has 1 aromatic rings. The van der Waals surface area contributed by atoms with E-state index in [1.165, 1.54) is 4.90 Å². The lowest BCUT2D eigenvalue weighted by molar-refractivity contribution is 0.192. The molecule has 0 heterocycles. The van der Waals surface area contributed by atoms with Crippen LogP contribution in [-0.2, 0) is 0 Å². The lowest BCUT2D eigenvalue weighted by Gasteiger charge is -2.03. The van der Waals surface area contributed by atoms with Crippen LogP contribution in [0.2, 0.25) is 5.02 Å². The first-order chi connectivity index (χ1) is 6.18. The normalized spacial score (nSPS) is 12.8. The van der Waals surface area contributed by atoms with Crippen molar-refractivity contribution in [1.82, 2.24) is 0 Å².